The molecular formula is C18H18BrFN2O3S. The molecule has 0 radical (unpaired) electrons. The second-order valence-electron chi connectivity index (χ2n) is 6.30. The van der Waals surface area contributed by atoms with E-state index in [9.17, 15) is 17.6 Å². The van der Waals surface area contributed by atoms with E-state index < -0.39 is 10.0 Å². The molecule has 1 atom stereocenters. The maximum atomic E-state index is 13.0. The summed E-state index contributed by atoms with van der Waals surface area (Å²) in [7, 11) is -3.82. The highest BCUT2D eigenvalue weighted by Crippen LogP contribution is 2.37. The van der Waals surface area contributed by atoms with Crippen LogP contribution in [0.1, 0.15) is 25.0 Å². The minimum atomic E-state index is -3.82. The molecule has 0 saturated carbocycles. The molecule has 0 saturated heterocycles. The van der Waals surface area contributed by atoms with Crippen molar-refractivity contribution in [2.75, 3.05) is 4.90 Å². The Hall–Kier alpha value is -1.77. The van der Waals surface area contributed by atoms with E-state index in [1.807, 2.05) is 6.92 Å². The van der Waals surface area contributed by atoms with Crippen molar-refractivity contribution in [3.8, 4) is 0 Å². The Morgan fingerprint density at radius 3 is 2.58 bits per heavy atom. The van der Waals surface area contributed by atoms with E-state index in [2.05, 4.69) is 20.7 Å². The summed E-state index contributed by atoms with van der Waals surface area (Å²) in [6.07, 6.45) is 0.677. The highest BCUT2D eigenvalue weighted by molar-refractivity contribution is 9.10. The minimum Gasteiger partial charge on any atom is -0.309 e. The van der Waals surface area contributed by atoms with Gasteiger partial charge in [-0.05, 0) is 64.7 Å². The zero-order valence-corrected chi connectivity index (χ0v) is 16.7. The molecule has 0 unspecified atom stereocenters. The zero-order valence-electron chi connectivity index (χ0n) is 14.3. The Morgan fingerprint density at radius 2 is 1.96 bits per heavy atom. The van der Waals surface area contributed by atoms with Crippen molar-refractivity contribution in [3.63, 3.8) is 0 Å². The molecule has 1 heterocycles. The molecule has 0 fully saturated rings. The maximum Gasteiger partial charge on any atom is 0.242 e. The topological polar surface area (TPSA) is 66.5 Å². The Balaban J connectivity index is 1.90. The van der Waals surface area contributed by atoms with Crippen LogP contribution < -0.4 is 9.62 Å². The van der Waals surface area contributed by atoms with Crippen molar-refractivity contribution in [2.45, 2.75) is 37.8 Å². The van der Waals surface area contributed by atoms with Crippen molar-refractivity contribution in [1.29, 1.82) is 0 Å². The third-order valence-corrected chi connectivity index (χ3v) is 6.72. The van der Waals surface area contributed by atoms with Gasteiger partial charge in [0.1, 0.15) is 5.82 Å². The van der Waals surface area contributed by atoms with Gasteiger partial charge in [0.25, 0.3) is 0 Å². The van der Waals surface area contributed by atoms with Gasteiger partial charge in [-0.25, -0.2) is 17.5 Å². The Morgan fingerprint density at radius 1 is 1.31 bits per heavy atom. The van der Waals surface area contributed by atoms with Crippen LogP contribution in [-0.2, 0) is 27.8 Å². The molecule has 5 nitrogen and oxygen atoms in total. The lowest BCUT2D eigenvalue weighted by Gasteiger charge is -2.21. The minimum absolute atomic E-state index is 0.0143. The third-order valence-electron chi connectivity index (χ3n) is 4.36. The first-order chi connectivity index (χ1) is 12.2. The number of benzene rings is 2. The molecule has 3 rings (SSSR count). The fraction of sp³-hybridized carbons (Fsp3) is 0.278. The van der Waals surface area contributed by atoms with Gasteiger partial charge in [-0.3, -0.25) is 4.79 Å². The van der Waals surface area contributed by atoms with Crippen molar-refractivity contribution in [3.05, 3.63) is 57.8 Å². The molecule has 0 aliphatic carbocycles. The highest BCUT2D eigenvalue weighted by atomic mass is 79.9. The van der Waals surface area contributed by atoms with E-state index in [4.69, 9.17) is 0 Å². The van der Waals surface area contributed by atoms with Crippen LogP contribution in [0.3, 0.4) is 0 Å². The summed E-state index contributed by atoms with van der Waals surface area (Å²) in [6, 6.07) is 8.86. The van der Waals surface area contributed by atoms with Crippen LogP contribution >= 0.6 is 15.9 Å². The molecule has 8 heteroatoms. The van der Waals surface area contributed by atoms with Gasteiger partial charge in [0.05, 0.1) is 4.90 Å². The normalized spacial score (nSPS) is 16.6. The van der Waals surface area contributed by atoms with Crippen molar-refractivity contribution < 1.29 is 17.6 Å². The lowest BCUT2D eigenvalue weighted by atomic mass is 10.1. The van der Waals surface area contributed by atoms with E-state index >= 15 is 0 Å². The van der Waals surface area contributed by atoms with Gasteiger partial charge in [0.2, 0.25) is 15.9 Å². The van der Waals surface area contributed by atoms with Gasteiger partial charge in [0, 0.05) is 29.7 Å². The number of anilines is 1. The number of carbonyl (C=O) groups is 1. The van der Waals surface area contributed by atoms with Crippen LogP contribution in [0.4, 0.5) is 10.1 Å². The van der Waals surface area contributed by atoms with Gasteiger partial charge >= 0.3 is 0 Å². The van der Waals surface area contributed by atoms with E-state index in [1.165, 1.54) is 37.3 Å². The average molecular weight is 441 g/mol. The lowest BCUT2D eigenvalue weighted by molar-refractivity contribution is -0.116. The van der Waals surface area contributed by atoms with Crippen molar-refractivity contribution in [2.24, 2.45) is 0 Å². The second kappa shape index (κ2) is 7.09. The number of hydrogen-bond donors (Lipinski definition) is 1. The predicted octanol–water partition coefficient (Wildman–Crippen LogP) is 3.36. The summed E-state index contributed by atoms with van der Waals surface area (Å²) >= 11 is 3.33. The van der Waals surface area contributed by atoms with Crippen LogP contribution in [0.2, 0.25) is 0 Å². The first kappa shape index (κ1) is 19.0. The quantitative estimate of drug-likeness (QED) is 0.792. The van der Waals surface area contributed by atoms with Gasteiger partial charge in [-0.1, -0.05) is 12.1 Å². The number of carbonyl (C=O) groups excluding carboxylic acids is 1. The summed E-state index contributed by atoms with van der Waals surface area (Å²) in [4.78, 5) is 13.6. The summed E-state index contributed by atoms with van der Waals surface area (Å²) in [5.74, 6) is -0.502. The van der Waals surface area contributed by atoms with E-state index in [0.717, 1.165) is 5.56 Å². The Labute approximate surface area is 160 Å². The van der Waals surface area contributed by atoms with Crippen LogP contribution in [0.5, 0.6) is 0 Å². The highest BCUT2D eigenvalue weighted by Gasteiger charge is 2.31. The fourth-order valence-corrected chi connectivity index (χ4v) is 5.29. The number of nitrogens with one attached hydrogen (secondary N) is 1. The monoisotopic (exact) mass is 440 g/mol. The van der Waals surface area contributed by atoms with Crippen LogP contribution in [0.25, 0.3) is 0 Å². The SMILES string of the molecule is CC(=O)N1c2cc(S(=O)(=O)NCc3ccc(F)cc3)c(Br)cc2C[C@H]1C. The molecule has 1 aliphatic heterocycles. The molecule has 1 aliphatic rings. The number of amides is 1. The fourth-order valence-electron chi connectivity index (χ4n) is 3.16. The number of hydrogen-bond acceptors (Lipinski definition) is 3. The first-order valence-corrected chi connectivity index (χ1v) is 10.3. The van der Waals surface area contributed by atoms with Gasteiger partial charge in [-0.2, -0.15) is 0 Å². The summed E-state index contributed by atoms with van der Waals surface area (Å²) in [6.45, 7) is 3.43. The molecule has 0 bridgehead atoms. The number of fused-ring (bicyclic) bond motifs is 1. The molecule has 1 N–H and O–H groups in total. The first-order valence-electron chi connectivity index (χ1n) is 8.05. The molecule has 0 spiro atoms. The van der Waals surface area contributed by atoms with Crippen LogP contribution in [0.15, 0.2) is 45.8 Å². The molecule has 1 amide bonds. The molecule has 138 valence electrons. The Bertz CT molecular complexity index is 961. The lowest BCUT2D eigenvalue weighted by Crippen LogP contribution is -2.33. The molecule has 26 heavy (non-hydrogen) atoms. The van der Waals surface area contributed by atoms with Crippen molar-refractivity contribution >= 4 is 37.5 Å². The van der Waals surface area contributed by atoms with E-state index in [0.29, 0.717) is 22.1 Å². The molecular weight excluding hydrogens is 423 g/mol. The summed E-state index contributed by atoms with van der Waals surface area (Å²) < 4.78 is 41.4. The smallest absolute Gasteiger partial charge is 0.242 e. The summed E-state index contributed by atoms with van der Waals surface area (Å²) in [5, 5.41) is 0. The van der Waals surface area contributed by atoms with E-state index in [-0.39, 0.29) is 29.2 Å². The second-order valence-corrected chi connectivity index (χ2v) is 8.89. The number of nitrogens with zero attached hydrogens (tertiary/aromatic N) is 1. The van der Waals surface area contributed by atoms with Gasteiger partial charge < -0.3 is 4.90 Å². The van der Waals surface area contributed by atoms with Crippen molar-refractivity contribution in [1.82, 2.24) is 4.72 Å². The third kappa shape index (κ3) is 3.67. The standard InChI is InChI=1S/C18H18BrFN2O3S/c1-11-7-14-8-16(19)18(9-17(14)22(11)12(2)23)26(24,25)21-10-13-3-5-15(20)6-4-13/h3-6,8-9,11,21H,7,10H2,1-2H3/t11-/m1/s1. The number of rotatable bonds is 4. The number of sulfonamides is 1. The van der Waals surface area contributed by atoms with Crippen LogP contribution in [0, 0.1) is 5.82 Å². The maximum absolute atomic E-state index is 13.0. The van der Waals surface area contributed by atoms with Gasteiger partial charge in [0.15, 0.2) is 0 Å². The molecule has 0 aromatic heterocycles. The predicted molar refractivity (Wildman–Crippen MR) is 101 cm³/mol. The van der Waals surface area contributed by atoms with Crippen LogP contribution in [-0.4, -0.2) is 20.4 Å². The summed E-state index contributed by atoms with van der Waals surface area (Å²) in [5.41, 5.74) is 2.19. The Kier molecular flexibility index (Phi) is 5.18. The number of halogens is 2. The van der Waals surface area contributed by atoms with Gasteiger partial charge in [-0.15, -0.1) is 0 Å². The largest absolute Gasteiger partial charge is 0.309 e. The molecule has 2 aromatic carbocycles. The molecule has 2 aromatic rings. The zero-order chi connectivity index (χ0) is 19.1. The van der Waals surface area contributed by atoms with E-state index in [1.54, 1.807) is 11.0 Å². The average Bonchev–Trinajstić information content (AvgIpc) is 2.88.